The van der Waals surface area contributed by atoms with Crippen LogP contribution in [0.5, 0.6) is 0 Å². The molecule has 1 unspecified atom stereocenters. The molecule has 0 aliphatic rings. The lowest BCUT2D eigenvalue weighted by molar-refractivity contribution is 0.334. The predicted octanol–water partition coefficient (Wildman–Crippen LogP) is 4.26. The maximum atomic E-state index is 3.46. The third kappa shape index (κ3) is 5.68. The van der Waals surface area contributed by atoms with Gasteiger partial charge in [0, 0.05) is 6.04 Å². The lowest BCUT2D eigenvalue weighted by Crippen LogP contribution is -2.29. The summed E-state index contributed by atoms with van der Waals surface area (Å²) < 4.78 is 0. The van der Waals surface area contributed by atoms with E-state index in [-0.39, 0.29) is 0 Å². The minimum atomic E-state index is 0.428. The molecule has 1 rings (SSSR count). The zero-order valence-electron chi connectivity index (χ0n) is 12.9. The second-order valence-corrected chi connectivity index (χ2v) is 6.79. The molecule has 18 heavy (non-hydrogen) atoms. The van der Waals surface area contributed by atoms with Crippen molar-refractivity contribution in [2.24, 2.45) is 5.41 Å². The van der Waals surface area contributed by atoms with E-state index in [2.05, 4.69) is 65.2 Å². The molecular formula is C17H29N. The summed E-state index contributed by atoms with van der Waals surface area (Å²) in [7, 11) is 2.08. The minimum Gasteiger partial charge on any atom is -0.317 e. The SMILES string of the molecule is CNC(CCC(C)(C)C)Cc1cc(C)cc(C)c1. The molecule has 1 nitrogen and oxygen atoms in total. The molecule has 1 atom stereocenters. The Morgan fingerprint density at radius 1 is 1.06 bits per heavy atom. The minimum absolute atomic E-state index is 0.428. The fourth-order valence-electron chi connectivity index (χ4n) is 2.43. The summed E-state index contributed by atoms with van der Waals surface area (Å²) in [6.45, 7) is 11.3. The van der Waals surface area contributed by atoms with E-state index in [1.54, 1.807) is 0 Å². The first kappa shape index (κ1) is 15.2. The van der Waals surface area contributed by atoms with Gasteiger partial charge in [0.05, 0.1) is 0 Å². The fraction of sp³-hybridized carbons (Fsp3) is 0.647. The standard InChI is InChI=1S/C17H29N/c1-13-9-14(2)11-15(10-13)12-16(18-6)7-8-17(3,4)5/h9-11,16,18H,7-8,12H2,1-6H3. The molecule has 0 aromatic heterocycles. The van der Waals surface area contributed by atoms with E-state index in [9.17, 15) is 0 Å². The number of rotatable bonds is 5. The van der Waals surface area contributed by atoms with E-state index in [0.29, 0.717) is 11.5 Å². The van der Waals surface area contributed by atoms with Gasteiger partial charge < -0.3 is 5.32 Å². The summed E-state index contributed by atoms with van der Waals surface area (Å²) in [6.07, 6.45) is 3.64. The molecule has 1 aromatic carbocycles. The third-order valence-electron chi connectivity index (χ3n) is 3.41. The molecule has 1 N–H and O–H groups in total. The maximum Gasteiger partial charge on any atom is 0.0105 e. The Labute approximate surface area is 113 Å². The largest absolute Gasteiger partial charge is 0.317 e. The van der Waals surface area contributed by atoms with Crippen molar-refractivity contribution in [1.29, 1.82) is 0 Å². The number of nitrogens with one attached hydrogen (secondary N) is 1. The number of benzene rings is 1. The van der Waals surface area contributed by atoms with Crippen LogP contribution in [0.4, 0.5) is 0 Å². The van der Waals surface area contributed by atoms with E-state index in [4.69, 9.17) is 0 Å². The second-order valence-electron chi connectivity index (χ2n) is 6.79. The van der Waals surface area contributed by atoms with Crippen LogP contribution in [0.1, 0.15) is 50.3 Å². The highest BCUT2D eigenvalue weighted by atomic mass is 14.9. The van der Waals surface area contributed by atoms with Gasteiger partial charge in [0.1, 0.15) is 0 Å². The number of likely N-dealkylation sites (N-methyl/N-ethyl adjacent to an activating group) is 1. The topological polar surface area (TPSA) is 12.0 Å². The molecule has 1 heteroatoms. The lowest BCUT2D eigenvalue weighted by Gasteiger charge is -2.23. The van der Waals surface area contributed by atoms with Gasteiger partial charge in [0.15, 0.2) is 0 Å². The van der Waals surface area contributed by atoms with E-state index in [1.165, 1.54) is 29.5 Å². The molecule has 0 saturated heterocycles. The van der Waals surface area contributed by atoms with Crippen molar-refractivity contribution < 1.29 is 0 Å². The molecule has 1 aromatic rings. The summed E-state index contributed by atoms with van der Waals surface area (Å²) in [4.78, 5) is 0. The molecule has 0 fully saturated rings. The van der Waals surface area contributed by atoms with Crippen LogP contribution in [0.2, 0.25) is 0 Å². The van der Waals surface area contributed by atoms with Gasteiger partial charge in [0.2, 0.25) is 0 Å². The molecule has 0 aliphatic heterocycles. The number of hydrogen-bond acceptors (Lipinski definition) is 1. The van der Waals surface area contributed by atoms with Crippen LogP contribution in [-0.2, 0) is 6.42 Å². The zero-order valence-corrected chi connectivity index (χ0v) is 12.9. The van der Waals surface area contributed by atoms with Gasteiger partial charge in [-0.05, 0) is 51.1 Å². The average molecular weight is 247 g/mol. The highest BCUT2D eigenvalue weighted by molar-refractivity contribution is 5.29. The van der Waals surface area contributed by atoms with Crippen molar-refractivity contribution >= 4 is 0 Å². The Hall–Kier alpha value is -0.820. The quantitative estimate of drug-likeness (QED) is 0.819. The summed E-state index contributed by atoms with van der Waals surface area (Å²) >= 11 is 0. The van der Waals surface area contributed by atoms with Crippen molar-refractivity contribution in [2.75, 3.05) is 7.05 Å². The number of aryl methyl sites for hydroxylation is 2. The van der Waals surface area contributed by atoms with Crippen LogP contribution < -0.4 is 5.32 Å². The molecule has 0 spiro atoms. The van der Waals surface area contributed by atoms with Gasteiger partial charge >= 0.3 is 0 Å². The maximum absolute atomic E-state index is 3.46. The smallest absolute Gasteiger partial charge is 0.0105 e. The van der Waals surface area contributed by atoms with Crippen LogP contribution >= 0.6 is 0 Å². The molecular weight excluding hydrogens is 218 g/mol. The Morgan fingerprint density at radius 2 is 1.61 bits per heavy atom. The fourth-order valence-corrected chi connectivity index (χ4v) is 2.43. The predicted molar refractivity (Wildman–Crippen MR) is 81.2 cm³/mol. The van der Waals surface area contributed by atoms with Crippen molar-refractivity contribution in [3.63, 3.8) is 0 Å². The van der Waals surface area contributed by atoms with E-state index in [0.717, 1.165) is 6.42 Å². The molecule has 102 valence electrons. The van der Waals surface area contributed by atoms with E-state index >= 15 is 0 Å². The van der Waals surface area contributed by atoms with Crippen LogP contribution in [-0.4, -0.2) is 13.1 Å². The van der Waals surface area contributed by atoms with Gasteiger partial charge in [-0.3, -0.25) is 0 Å². The van der Waals surface area contributed by atoms with Crippen LogP contribution in [0.3, 0.4) is 0 Å². The van der Waals surface area contributed by atoms with E-state index in [1.807, 2.05) is 0 Å². The zero-order chi connectivity index (χ0) is 13.8. The van der Waals surface area contributed by atoms with Gasteiger partial charge in [0.25, 0.3) is 0 Å². The van der Waals surface area contributed by atoms with Gasteiger partial charge in [-0.15, -0.1) is 0 Å². The first-order valence-electron chi connectivity index (χ1n) is 7.04. The second kappa shape index (κ2) is 6.38. The first-order chi connectivity index (χ1) is 8.30. The Morgan fingerprint density at radius 3 is 2.06 bits per heavy atom. The van der Waals surface area contributed by atoms with Crippen molar-refractivity contribution in [1.82, 2.24) is 5.32 Å². The first-order valence-corrected chi connectivity index (χ1v) is 7.04. The molecule has 0 radical (unpaired) electrons. The number of hydrogen-bond donors (Lipinski definition) is 1. The molecule has 0 amide bonds. The molecule has 0 heterocycles. The highest BCUT2D eigenvalue weighted by Gasteiger charge is 2.14. The average Bonchev–Trinajstić information content (AvgIpc) is 2.21. The van der Waals surface area contributed by atoms with Crippen molar-refractivity contribution in [3.05, 3.63) is 34.9 Å². The van der Waals surface area contributed by atoms with Gasteiger partial charge in [-0.25, -0.2) is 0 Å². The van der Waals surface area contributed by atoms with Gasteiger partial charge in [-0.2, -0.15) is 0 Å². The van der Waals surface area contributed by atoms with E-state index < -0.39 is 0 Å². The normalized spacial score (nSPS) is 13.7. The summed E-state index contributed by atoms with van der Waals surface area (Å²) in [5.41, 5.74) is 4.63. The van der Waals surface area contributed by atoms with Crippen LogP contribution in [0, 0.1) is 19.3 Å². The van der Waals surface area contributed by atoms with Crippen molar-refractivity contribution in [2.45, 2.75) is 59.9 Å². The molecule has 0 bridgehead atoms. The Balaban J connectivity index is 2.62. The third-order valence-corrected chi connectivity index (χ3v) is 3.41. The summed E-state index contributed by atoms with van der Waals surface area (Å²) in [6, 6.07) is 7.46. The Kier molecular flexibility index (Phi) is 5.40. The highest BCUT2D eigenvalue weighted by Crippen LogP contribution is 2.23. The summed E-state index contributed by atoms with van der Waals surface area (Å²) in [5, 5.41) is 3.46. The van der Waals surface area contributed by atoms with Gasteiger partial charge in [-0.1, -0.05) is 50.1 Å². The molecule has 0 aliphatic carbocycles. The lowest BCUT2D eigenvalue weighted by atomic mass is 9.87. The molecule has 0 saturated carbocycles. The Bertz CT molecular complexity index is 353. The van der Waals surface area contributed by atoms with Crippen molar-refractivity contribution in [3.8, 4) is 0 Å². The summed E-state index contributed by atoms with van der Waals surface area (Å²) in [5.74, 6) is 0. The van der Waals surface area contributed by atoms with Crippen LogP contribution in [0.15, 0.2) is 18.2 Å². The monoisotopic (exact) mass is 247 g/mol. The van der Waals surface area contributed by atoms with Crippen LogP contribution in [0.25, 0.3) is 0 Å².